The maximum atomic E-state index is 11.9. The van der Waals surface area contributed by atoms with Gasteiger partial charge in [-0.2, -0.15) is 0 Å². The second-order valence-electron chi connectivity index (χ2n) is 4.92. The minimum Gasteiger partial charge on any atom is -0.304 e. The lowest BCUT2D eigenvalue weighted by Crippen LogP contribution is -2.51. The Bertz CT molecular complexity index is 222. The molecule has 15 heavy (non-hydrogen) atoms. The molecule has 3 heteroatoms. The first-order chi connectivity index (χ1) is 7.27. The molecule has 1 heterocycles. The van der Waals surface area contributed by atoms with Crippen LogP contribution in [0.5, 0.6) is 0 Å². The summed E-state index contributed by atoms with van der Waals surface area (Å²) in [7, 11) is 2.16. The Morgan fingerprint density at radius 1 is 1.07 bits per heavy atom. The van der Waals surface area contributed by atoms with Gasteiger partial charge in [0, 0.05) is 32.6 Å². The standard InChI is InChI=1S/C12H22N2O/c1-13-7-9-14(10-8-13)11-5-3-2-4-6-12(11)15/h11H,2-10H2,1H3. The van der Waals surface area contributed by atoms with Crippen LogP contribution in [0.15, 0.2) is 0 Å². The van der Waals surface area contributed by atoms with Crippen LogP contribution >= 0.6 is 0 Å². The minimum atomic E-state index is 0.251. The molecular weight excluding hydrogens is 188 g/mol. The van der Waals surface area contributed by atoms with Gasteiger partial charge in [-0.15, -0.1) is 0 Å². The summed E-state index contributed by atoms with van der Waals surface area (Å²) in [6.07, 6.45) is 5.52. The number of piperazine rings is 1. The largest absolute Gasteiger partial charge is 0.304 e. The molecule has 0 N–H and O–H groups in total. The summed E-state index contributed by atoms with van der Waals surface area (Å²) in [4.78, 5) is 16.7. The number of Topliss-reactive ketones (excluding diaryl/α,β-unsaturated/α-hetero) is 1. The monoisotopic (exact) mass is 210 g/mol. The van der Waals surface area contributed by atoms with E-state index in [1.54, 1.807) is 0 Å². The Labute approximate surface area is 92.4 Å². The number of rotatable bonds is 1. The van der Waals surface area contributed by atoms with Gasteiger partial charge >= 0.3 is 0 Å². The first-order valence-corrected chi connectivity index (χ1v) is 6.22. The molecule has 0 bridgehead atoms. The van der Waals surface area contributed by atoms with Crippen molar-refractivity contribution in [2.45, 2.75) is 38.1 Å². The number of ketones is 1. The molecule has 1 aliphatic carbocycles. The molecule has 0 radical (unpaired) electrons. The number of carbonyl (C=O) groups is 1. The smallest absolute Gasteiger partial charge is 0.149 e. The summed E-state index contributed by atoms with van der Waals surface area (Å²) < 4.78 is 0. The number of nitrogens with zero attached hydrogens (tertiary/aromatic N) is 2. The Balaban J connectivity index is 1.92. The van der Waals surface area contributed by atoms with Crippen LogP contribution in [0.1, 0.15) is 32.1 Å². The Hall–Kier alpha value is -0.410. The molecule has 2 rings (SSSR count). The highest BCUT2D eigenvalue weighted by molar-refractivity contribution is 5.84. The SMILES string of the molecule is CN1CCN(C2CCCCCC2=O)CC1. The van der Waals surface area contributed by atoms with Crippen molar-refractivity contribution in [1.82, 2.24) is 9.80 Å². The summed E-state index contributed by atoms with van der Waals surface area (Å²) in [5, 5.41) is 0. The zero-order valence-corrected chi connectivity index (χ0v) is 9.74. The van der Waals surface area contributed by atoms with Crippen LogP contribution in [0.3, 0.4) is 0 Å². The van der Waals surface area contributed by atoms with Gasteiger partial charge in [0.1, 0.15) is 5.78 Å². The quantitative estimate of drug-likeness (QED) is 0.606. The summed E-state index contributed by atoms with van der Waals surface area (Å²) in [5.74, 6) is 0.497. The van der Waals surface area contributed by atoms with Gasteiger partial charge in [-0.25, -0.2) is 0 Å². The minimum absolute atomic E-state index is 0.251. The summed E-state index contributed by atoms with van der Waals surface area (Å²) >= 11 is 0. The van der Waals surface area contributed by atoms with E-state index in [1.807, 2.05) is 0 Å². The van der Waals surface area contributed by atoms with E-state index in [9.17, 15) is 4.79 Å². The van der Waals surface area contributed by atoms with Crippen LogP contribution < -0.4 is 0 Å². The van der Waals surface area contributed by atoms with Crippen LogP contribution in [0.25, 0.3) is 0 Å². The van der Waals surface area contributed by atoms with Crippen molar-refractivity contribution in [2.24, 2.45) is 0 Å². The highest BCUT2D eigenvalue weighted by Gasteiger charge is 2.28. The molecule has 2 fully saturated rings. The first kappa shape index (κ1) is 11.1. The Morgan fingerprint density at radius 3 is 2.53 bits per heavy atom. The molecule has 0 aromatic carbocycles. The number of carbonyl (C=O) groups excluding carboxylic acids is 1. The third kappa shape index (κ3) is 2.79. The third-order valence-corrected chi connectivity index (χ3v) is 3.75. The third-order valence-electron chi connectivity index (χ3n) is 3.75. The number of likely N-dealkylation sites (N-methyl/N-ethyl adjacent to an activating group) is 1. The average molecular weight is 210 g/mol. The van der Waals surface area contributed by atoms with Crippen molar-refractivity contribution >= 4 is 5.78 Å². The summed E-state index contributed by atoms with van der Waals surface area (Å²) in [5.41, 5.74) is 0. The molecule has 0 amide bonds. The Kier molecular flexibility index (Phi) is 3.76. The molecular formula is C12H22N2O. The first-order valence-electron chi connectivity index (χ1n) is 6.22. The van der Waals surface area contributed by atoms with Crippen LogP contribution in [-0.4, -0.2) is 54.9 Å². The van der Waals surface area contributed by atoms with Gasteiger partial charge in [-0.05, 0) is 19.9 Å². The lowest BCUT2D eigenvalue weighted by atomic mass is 10.0. The molecule has 0 aromatic rings. The van der Waals surface area contributed by atoms with Crippen molar-refractivity contribution in [2.75, 3.05) is 33.2 Å². The zero-order chi connectivity index (χ0) is 10.7. The van der Waals surface area contributed by atoms with E-state index in [2.05, 4.69) is 16.8 Å². The van der Waals surface area contributed by atoms with E-state index < -0.39 is 0 Å². The van der Waals surface area contributed by atoms with E-state index in [1.165, 1.54) is 12.8 Å². The van der Waals surface area contributed by atoms with Gasteiger partial charge in [-0.3, -0.25) is 9.69 Å². The van der Waals surface area contributed by atoms with E-state index in [0.29, 0.717) is 5.78 Å². The molecule has 1 aliphatic heterocycles. The van der Waals surface area contributed by atoms with Gasteiger partial charge < -0.3 is 4.90 Å². The predicted molar refractivity (Wildman–Crippen MR) is 61.0 cm³/mol. The van der Waals surface area contributed by atoms with Gasteiger partial charge in [0.25, 0.3) is 0 Å². The number of hydrogen-bond acceptors (Lipinski definition) is 3. The van der Waals surface area contributed by atoms with Crippen LogP contribution in [0, 0.1) is 0 Å². The number of hydrogen-bond donors (Lipinski definition) is 0. The van der Waals surface area contributed by atoms with Gasteiger partial charge in [0.2, 0.25) is 0 Å². The highest BCUT2D eigenvalue weighted by Crippen LogP contribution is 2.20. The molecule has 1 unspecified atom stereocenters. The second-order valence-corrected chi connectivity index (χ2v) is 4.92. The van der Waals surface area contributed by atoms with Gasteiger partial charge in [-0.1, -0.05) is 12.8 Å². The van der Waals surface area contributed by atoms with Crippen molar-refractivity contribution in [3.8, 4) is 0 Å². The molecule has 1 atom stereocenters. The van der Waals surface area contributed by atoms with E-state index in [4.69, 9.17) is 0 Å². The van der Waals surface area contributed by atoms with Crippen molar-refractivity contribution in [1.29, 1.82) is 0 Å². The predicted octanol–water partition coefficient (Wildman–Crippen LogP) is 1.14. The fourth-order valence-electron chi connectivity index (χ4n) is 2.66. The molecule has 3 nitrogen and oxygen atoms in total. The van der Waals surface area contributed by atoms with E-state index in [0.717, 1.165) is 45.4 Å². The molecule has 1 saturated heterocycles. The van der Waals surface area contributed by atoms with E-state index in [-0.39, 0.29) is 6.04 Å². The van der Waals surface area contributed by atoms with Gasteiger partial charge in [0.05, 0.1) is 6.04 Å². The molecule has 1 saturated carbocycles. The molecule has 2 aliphatic rings. The zero-order valence-electron chi connectivity index (χ0n) is 9.74. The fraction of sp³-hybridized carbons (Fsp3) is 0.917. The molecule has 0 spiro atoms. The normalized spacial score (nSPS) is 31.5. The van der Waals surface area contributed by atoms with Crippen LogP contribution in [0.2, 0.25) is 0 Å². The average Bonchev–Trinajstić information content (AvgIpc) is 2.44. The Morgan fingerprint density at radius 2 is 1.80 bits per heavy atom. The second kappa shape index (κ2) is 5.08. The lowest BCUT2D eigenvalue weighted by molar-refractivity contribution is -0.124. The fourth-order valence-corrected chi connectivity index (χ4v) is 2.66. The lowest BCUT2D eigenvalue weighted by Gasteiger charge is -2.36. The van der Waals surface area contributed by atoms with Crippen LogP contribution in [-0.2, 0) is 4.79 Å². The topological polar surface area (TPSA) is 23.6 Å². The van der Waals surface area contributed by atoms with Crippen molar-refractivity contribution < 1.29 is 4.79 Å². The maximum absolute atomic E-state index is 11.9. The summed E-state index contributed by atoms with van der Waals surface area (Å²) in [6.45, 7) is 4.38. The molecule has 86 valence electrons. The maximum Gasteiger partial charge on any atom is 0.149 e. The van der Waals surface area contributed by atoms with Crippen molar-refractivity contribution in [3.63, 3.8) is 0 Å². The van der Waals surface area contributed by atoms with Gasteiger partial charge in [0.15, 0.2) is 0 Å². The summed E-state index contributed by atoms with van der Waals surface area (Å²) in [6, 6.07) is 0.251. The van der Waals surface area contributed by atoms with E-state index >= 15 is 0 Å². The highest BCUT2D eigenvalue weighted by atomic mass is 16.1. The van der Waals surface area contributed by atoms with Crippen LogP contribution in [0.4, 0.5) is 0 Å². The molecule has 0 aromatic heterocycles. The van der Waals surface area contributed by atoms with Crippen molar-refractivity contribution in [3.05, 3.63) is 0 Å².